The van der Waals surface area contributed by atoms with Crippen LogP contribution in [-0.4, -0.2) is 49.5 Å². The van der Waals surface area contributed by atoms with Crippen molar-refractivity contribution in [1.29, 1.82) is 0 Å². The molecule has 1 fully saturated rings. The SMILES string of the molecule is COC(=O)C1CCCN1S(=O)(=O)c1csc(C(=O)O)c1. The van der Waals surface area contributed by atoms with Crippen molar-refractivity contribution in [1.82, 2.24) is 4.31 Å². The quantitative estimate of drug-likeness (QED) is 0.823. The van der Waals surface area contributed by atoms with Gasteiger partial charge >= 0.3 is 11.9 Å². The molecule has 1 saturated heterocycles. The predicted molar refractivity (Wildman–Crippen MR) is 70.2 cm³/mol. The van der Waals surface area contributed by atoms with Gasteiger partial charge in [-0.05, 0) is 18.9 Å². The first-order chi connectivity index (χ1) is 9.37. The van der Waals surface area contributed by atoms with Crippen LogP contribution in [-0.2, 0) is 19.6 Å². The summed E-state index contributed by atoms with van der Waals surface area (Å²) in [6.45, 7) is 0.223. The standard InChI is InChI=1S/C11H13NO6S2/c1-18-11(15)8-3-2-4-12(8)20(16,17)7-5-9(10(13)14)19-6-7/h5-6,8H,2-4H2,1H3,(H,13,14). The van der Waals surface area contributed by atoms with Gasteiger partial charge in [0.15, 0.2) is 0 Å². The molecular formula is C11H13NO6S2. The zero-order chi connectivity index (χ0) is 14.9. The fourth-order valence-electron chi connectivity index (χ4n) is 2.10. The van der Waals surface area contributed by atoms with E-state index in [0.29, 0.717) is 12.8 Å². The number of esters is 1. The molecule has 1 aromatic heterocycles. The number of carboxylic acid groups (broad SMARTS) is 1. The van der Waals surface area contributed by atoms with Crippen LogP contribution < -0.4 is 0 Å². The van der Waals surface area contributed by atoms with Crippen LogP contribution >= 0.6 is 11.3 Å². The molecule has 1 unspecified atom stereocenters. The van der Waals surface area contributed by atoms with Crippen molar-refractivity contribution in [3.8, 4) is 0 Å². The van der Waals surface area contributed by atoms with Crippen LogP contribution in [0.3, 0.4) is 0 Å². The van der Waals surface area contributed by atoms with Gasteiger partial charge in [-0.3, -0.25) is 4.79 Å². The highest BCUT2D eigenvalue weighted by molar-refractivity contribution is 7.89. The molecule has 2 rings (SSSR count). The Morgan fingerprint density at radius 1 is 1.50 bits per heavy atom. The summed E-state index contributed by atoms with van der Waals surface area (Å²) >= 11 is 0.837. The summed E-state index contributed by atoms with van der Waals surface area (Å²) in [5.74, 6) is -1.78. The molecule has 0 saturated carbocycles. The monoisotopic (exact) mass is 319 g/mol. The van der Waals surface area contributed by atoms with E-state index in [1.54, 1.807) is 0 Å². The third-order valence-electron chi connectivity index (χ3n) is 3.07. The van der Waals surface area contributed by atoms with Crippen molar-refractivity contribution >= 4 is 33.3 Å². The van der Waals surface area contributed by atoms with Crippen LogP contribution in [0.5, 0.6) is 0 Å². The smallest absolute Gasteiger partial charge is 0.345 e. The summed E-state index contributed by atoms with van der Waals surface area (Å²) in [6.07, 6.45) is 0.969. The van der Waals surface area contributed by atoms with Crippen molar-refractivity contribution < 1.29 is 27.9 Å². The first-order valence-corrected chi connectivity index (χ1v) is 8.11. The zero-order valence-electron chi connectivity index (χ0n) is 10.6. The first kappa shape index (κ1) is 14.9. The second kappa shape index (κ2) is 5.51. The van der Waals surface area contributed by atoms with Crippen molar-refractivity contribution in [2.75, 3.05) is 13.7 Å². The van der Waals surface area contributed by atoms with E-state index in [4.69, 9.17) is 5.11 Å². The molecule has 0 aromatic carbocycles. The lowest BCUT2D eigenvalue weighted by molar-refractivity contribution is -0.144. The van der Waals surface area contributed by atoms with Crippen LogP contribution in [0.15, 0.2) is 16.3 Å². The number of nitrogens with zero attached hydrogens (tertiary/aromatic N) is 1. The molecule has 2 heterocycles. The van der Waals surface area contributed by atoms with E-state index >= 15 is 0 Å². The molecule has 0 aliphatic carbocycles. The average Bonchev–Trinajstić information content (AvgIpc) is 3.06. The number of aromatic carboxylic acids is 1. The number of carboxylic acids is 1. The summed E-state index contributed by atoms with van der Waals surface area (Å²) in [7, 11) is -2.67. The van der Waals surface area contributed by atoms with Crippen molar-refractivity contribution in [3.05, 3.63) is 16.3 Å². The largest absolute Gasteiger partial charge is 0.477 e. The van der Waals surface area contributed by atoms with E-state index < -0.39 is 28.0 Å². The highest BCUT2D eigenvalue weighted by Crippen LogP contribution is 2.29. The second-order valence-electron chi connectivity index (χ2n) is 4.25. The fourth-order valence-corrected chi connectivity index (χ4v) is 4.85. The number of rotatable bonds is 4. The molecule has 7 nitrogen and oxygen atoms in total. The van der Waals surface area contributed by atoms with Crippen molar-refractivity contribution in [2.45, 2.75) is 23.8 Å². The van der Waals surface area contributed by atoms with Crippen LogP contribution in [0.4, 0.5) is 0 Å². The van der Waals surface area contributed by atoms with Gasteiger partial charge in [0.05, 0.1) is 12.0 Å². The molecule has 0 amide bonds. The first-order valence-electron chi connectivity index (χ1n) is 5.79. The Kier molecular flexibility index (Phi) is 4.11. The molecule has 1 aromatic rings. The lowest BCUT2D eigenvalue weighted by Gasteiger charge is -2.21. The van der Waals surface area contributed by atoms with Gasteiger partial charge in [-0.15, -0.1) is 11.3 Å². The minimum Gasteiger partial charge on any atom is -0.477 e. The maximum absolute atomic E-state index is 12.4. The summed E-state index contributed by atoms with van der Waals surface area (Å²) in [5.41, 5.74) is 0. The normalized spacial score (nSPS) is 19.9. The van der Waals surface area contributed by atoms with E-state index in [0.717, 1.165) is 21.7 Å². The third kappa shape index (κ3) is 2.56. The van der Waals surface area contributed by atoms with Crippen LogP contribution in [0, 0.1) is 0 Å². The van der Waals surface area contributed by atoms with Gasteiger partial charge in [0.25, 0.3) is 0 Å². The van der Waals surface area contributed by atoms with Crippen molar-refractivity contribution in [2.24, 2.45) is 0 Å². The number of hydrogen-bond acceptors (Lipinski definition) is 6. The van der Waals surface area contributed by atoms with Crippen LogP contribution in [0.2, 0.25) is 0 Å². The number of sulfonamides is 1. The van der Waals surface area contributed by atoms with Gasteiger partial charge in [-0.1, -0.05) is 0 Å². The van der Waals surface area contributed by atoms with Gasteiger partial charge in [0.1, 0.15) is 10.9 Å². The van der Waals surface area contributed by atoms with Gasteiger partial charge in [-0.25, -0.2) is 13.2 Å². The van der Waals surface area contributed by atoms with E-state index in [9.17, 15) is 18.0 Å². The van der Waals surface area contributed by atoms with Crippen LogP contribution in [0.25, 0.3) is 0 Å². The Balaban J connectivity index is 2.33. The summed E-state index contributed by atoms with van der Waals surface area (Å²) < 4.78 is 30.5. The molecule has 1 aliphatic heterocycles. The Bertz CT molecular complexity index is 635. The molecule has 20 heavy (non-hydrogen) atoms. The molecule has 9 heteroatoms. The van der Waals surface area contributed by atoms with E-state index in [2.05, 4.69) is 4.74 Å². The summed E-state index contributed by atoms with van der Waals surface area (Å²) in [4.78, 5) is 22.2. The maximum Gasteiger partial charge on any atom is 0.345 e. The van der Waals surface area contributed by atoms with E-state index in [-0.39, 0.29) is 16.3 Å². The Morgan fingerprint density at radius 2 is 2.20 bits per heavy atom. The van der Waals surface area contributed by atoms with Crippen molar-refractivity contribution in [3.63, 3.8) is 0 Å². The minimum absolute atomic E-state index is 0.0580. The predicted octanol–water partition coefficient (Wildman–Crippen LogP) is 0.772. The minimum atomic E-state index is -3.88. The molecule has 1 aliphatic rings. The topological polar surface area (TPSA) is 101 Å². The van der Waals surface area contributed by atoms with E-state index in [1.165, 1.54) is 12.5 Å². The number of methoxy groups -OCH3 is 1. The molecule has 0 radical (unpaired) electrons. The number of thiophene rings is 1. The highest BCUT2D eigenvalue weighted by Gasteiger charge is 2.40. The summed E-state index contributed by atoms with van der Waals surface area (Å²) in [5, 5.41) is 10.1. The number of carbonyl (C=O) groups excluding carboxylic acids is 1. The number of hydrogen-bond donors (Lipinski definition) is 1. The molecule has 1 atom stereocenters. The highest BCUT2D eigenvalue weighted by atomic mass is 32.2. The third-order valence-corrected chi connectivity index (χ3v) is 6.02. The zero-order valence-corrected chi connectivity index (χ0v) is 12.2. The Morgan fingerprint density at radius 3 is 2.75 bits per heavy atom. The lowest BCUT2D eigenvalue weighted by atomic mass is 10.2. The summed E-state index contributed by atoms with van der Waals surface area (Å²) in [6, 6.07) is 0.271. The molecule has 1 N–H and O–H groups in total. The fraction of sp³-hybridized carbons (Fsp3) is 0.455. The average molecular weight is 319 g/mol. The Labute approximate surface area is 119 Å². The molecule has 110 valence electrons. The van der Waals surface area contributed by atoms with Gasteiger partial charge < -0.3 is 9.84 Å². The second-order valence-corrected chi connectivity index (χ2v) is 7.05. The number of carbonyl (C=O) groups is 2. The molecular weight excluding hydrogens is 306 g/mol. The molecule has 0 spiro atoms. The van der Waals surface area contributed by atoms with Gasteiger partial charge in [0, 0.05) is 11.9 Å². The van der Waals surface area contributed by atoms with Gasteiger partial charge in [0.2, 0.25) is 10.0 Å². The number of ether oxygens (including phenoxy) is 1. The lowest BCUT2D eigenvalue weighted by Crippen LogP contribution is -2.40. The van der Waals surface area contributed by atoms with Gasteiger partial charge in [-0.2, -0.15) is 4.31 Å². The Hall–Kier alpha value is -1.45. The maximum atomic E-state index is 12.4. The van der Waals surface area contributed by atoms with E-state index in [1.807, 2.05) is 0 Å². The molecule has 0 bridgehead atoms. The van der Waals surface area contributed by atoms with Crippen LogP contribution in [0.1, 0.15) is 22.5 Å².